The molecule has 0 aliphatic rings. The Morgan fingerprint density at radius 2 is 1.59 bits per heavy atom. The van der Waals surface area contributed by atoms with Crippen molar-refractivity contribution in [3.8, 4) is 0 Å². The molecule has 0 bridgehead atoms. The van der Waals surface area contributed by atoms with Crippen LogP contribution >= 0.6 is 0 Å². The van der Waals surface area contributed by atoms with Gasteiger partial charge in [-0.05, 0) is 30.4 Å². The molecular weight excluding hydrogens is 508 g/mol. The van der Waals surface area contributed by atoms with E-state index in [0.717, 1.165) is 10.9 Å². The van der Waals surface area contributed by atoms with Crippen LogP contribution < -0.4 is 33.2 Å². The average molecular weight is 547 g/mol. The number of aliphatic hydroxyl groups is 1. The number of amides is 3. The Labute approximate surface area is 225 Å². The van der Waals surface area contributed by atoms with E-state index in [4.69, 9.17) is 17.2 Å². The smallest absolute Gasteiger partial charge is 0.326 e. The van der Waals surface area contributed by atoms with Crippen LogP contribution in [0, 0.1) is 5.92 Å². The summed E-state index contributed by atoms with van der Waals surface area (Å²) < 4.78 is 0. The van der Waals surface area contributed by atoms with Crippen molar-refractivity contribution in [1.29, 1.82) is 0 Å². The quantitative estimate of drug-likeness (QED) is 0.0698. The first-order chi connectivity index (χ1) is 18.4. The zero-order valence-corrected chi connectivity index (χ0v) is 22.0. The van der Waals surface area contributed by atoms with E-state index in [-0.39, 0.29) is 37.7 Å². The molecule has 2 rings (SSSR count). The van der Waals surface area contributed by atoms with Crippen molar-refractivity contribution in [3.63, 3.8) is 0 Å². The number of nitrogens with one attached hydrogen (secondary N) is 4. The summed E-state index contributed by atoms with van der Waals surface area (Å²) in [4.78, 5) is 57.4. The molecule has 0 radical (unpaired) electrons. The van der Waals surface area contributed by atoms with Gasteiger partial charge in [0.05, 0.1) is 12.6 Å². The number of carboxylic acids is 1. The minimum absolute atomic E-state index is 0.000467. The maximum absolute atomic E-state index is 13.3. The number of aliphatic carboxylic acids is 1. The van der Waals surface area contributed by atoms with Crippen LogP contribution in [0.2, 0.25) is 0 Å². The minimum atomic E-state index is -1.38. The van der Waals surface area contributed by atoms with Crippen LogP contribution in [-0.2, 0) is 25.6 Å². The second-order valence-electron chi connectivity index (χ2n) is 9.49. The molecule has 12 N–H and O–H groups in total. The first kappa shape index (κ1) is 31.1. The lowest BCUT2D eigenvalue weighted by molar-refractivity contribution is -0.142. The third-order valence-corrected chi connectivity index (χ3v) is 6.13. The highest BCUT2D eigenvalue weighted by atomic mass is 16.4. The first-order valence-corrected chi connectivity index (χ1v) is 12.5. The molecule has 1 aromatic heterocycles. The molecule has 1 aromatic carbocycles. The van der Waals surface area contributed by atoms with Crippen LogP contribution in [-0.4, -0.2) is 82.2 Å². The highest BCUT2D eigenvalue weighted by molar-refractivity contribution is 5.95. The topological polar surface area (TPSA) is 251 Å². The zero-order chi connectivity index (χ0) is 29.1. The lowest BCUT2D eigenvalue weighted by Gasteiger charge is -2.25. The standard InChI is InChI=1S/C25H38N8O6/c1-13(2)20(26)23(37)33-19(12-34)22(36)32-18(10-14-11-30-16-7-4-3-6-15(14)16)21(35)31-17(24(38)39)8-5-9-29-25(27)28/h3-4,6-7,11,13,17-20,30,34H,5,8-10,12,26H2,1-2H3,(H,31,35)(H,32,36)(H,33,37)(H,38,39)(H4,27,28,29). The maximum Gasteiger partial charge on any atom is 0.326 e. The summed E-state index contributed by atoms with van der Waals surface area (Å²) in [6.07, 6.45) is 2.00. The molecule has 1 heterocycles. The van der Waals surface area contributed by atoms with Crippen LogP contribution in [0.3, 0.4) is 0 Å². The number of benzene rings is 1. The van der Waals surface area contributed by atoms with Crippen LogP contribution in [0.1, 0.15) is 32.3 Å². The summed E-state index contributed by atoms with van der Waals surface area (Å²) in [6.45, 7) is 2.90. The summed E-state index contributed by atoms with van der Waals surface area (Å²) in [6, 6.07) is 2.55. The molecule has 39 heavy (non-hydrogen) atoms. The van der Waals surface area contributed by atoms with Crippen LogP contribution in [0.25, 0.3) is 10.9 Å². The molecule has 0 saturated carbocycles. The molecular formula is C25H38N8O6. The van der Waals surface area contributed by atoms with E-state index in [0.29, 0.717) is 5.56 Å². The van der Waals surface area contributed by atoms with Gasteiger partial charge in [-0.25, -0.2) is 4.79 Å². The number of guanidine groups is 1. The van der Waals surface area contributed by atoms with E-state index in [9.17, 15) is 29.4 Å². The lowest BCUT2D eigenvalue weighted by Crippen LogP contribution is -2.59. The van der Waals surface area contributed by atoms with Crippen LogP contribution in [0.15, 0.2) is 35.5 Å². The molecule has 2 aromatic rings. The molecule has 4 atom stereocenters. The van der Waals surface area contributed by atoms with Crippen molar-refractivity contribution in [3.05, 3.63) is 36.0 Å². The molecule has 3 amide bonds. The molecule has 14 nitrogen and oxygen atoms in total. The Balaban J connectivity index is 2.24. The predicted octanol–water partition coefficient (Wildman–Crippen LogP) is -1.72. The Bertz CT molecular complexity index is 1180. The number of aromatic nitrogens is 1. The fourth-order valence-electron chi connectivity index (χ4n) is 3.80. The van der Waals surface area contributed by atoms with E-state index in [2.05, 4.69) is 25.9 Å². The number of nitrogens with two attached hydrogens (primary N) is 3. The Morgan fingerprint density at radius 3 is 2.21 bits per heavy atom. The number of carbonyl (C=O) groups excluding carboxylic acids is 3. The van der Waals surface area contributed by atoms with Gasteiger partial charge in [0, 0.05) is 30.1 Å². The number of aliphatic imine (C=N–C) groups is 1. The zero-order valence-electron chi connectivity index (χ0n) is 22.0. The average Bonchev–Trinajstić information content (AvgIpc) is 3.30. The number of aliphatic hydroxyl groups excluding tert-OH is 1. The number of H-pyrrole nitrogens is 1. The van der Waals surface area contributed by atoms with Crippen molar-refractivity contribution >= 4 is 40.6 Å². The van der Waals surface area contributed by atoms with Crippen molar-refractivity contribution < 1.29 is 29.4 Å². The van der Waals surface area contributed by atoms with Crippen molar-refractivity contribution in [2.24, 2.45) is 28.1 Å². The summed E-state index contributed by atoms with van der Waals surface area (Å²) >= 11 is 0. The molecule has 4 unspecified atom stereocenters. The monoisotopic (exact) mass is 546 g/mol. The van der Waals surface area contributed by atoms with E-state index in [1.807, 2.05) is 24.3 Å². The summed E-state index contributed by atoms with van der Waals surface area (Å²) in [5.74, 6) is -3.84. The highest BCUT2D eigenvalue weighted by Gasteiger charge is 2.31. The van der Waals surface area contributed by atoms with Gasteiger partial charge in [-0.2, -0.15) is 0 Å². The van der Waals surface area contributed by atoms with Gasteiger partial charge in [-0.3, -0.25) is 19.4 Å². The molecule has 0 fully saturated rings. The number of nitrogens with zero attached hydrogens (tertiary/aromatic N) is 1. The molecule has 0 spiro atoms. The van der Waals surface area contributed by atoms with Gasteiger partial charge in [-0.15, -0.1) is 0 Å². The molecule has 14 heteroatoms. The highest BCUT2D eigenvalue weighted by Crippen LogP contribution is 2.19. The van der Waals surface area contributed by atoms with Gasteiger partial charge in [0.25, 0.3) is 0 Å². The number of carbonyl (C=O) groups is 4. The minimum Gasteiger partial charge on any atom is -0.480 e. The van der Waals surface area contributed by atoms with Crippen molar-refractivity contribution in [1.82, 2.24) is 20.9 Å². The first-order valence-electron chi connectivity index (χ1n) is 12.5. The SMILES string of the molecule is CC(C)C(N)C(=O)NC(CO)C(=O)NC(Cc1c[nH]c2ccccc12)C(=O)NC(CCCN=C(N)N)C(=O)O. The van der Waals surface area contributed by atoms with E-state index in [1.54, 1.807) is 20.0 Å². The second kappa shape index (κ2) is 14.7. The Kier molecular flexibility index (Phi) is 11.7. The number of hydrogen-bond donors (Lipinski definition) is 9. The Morgan fingerprint density at radius 1 is 0.974 bits per heavy atom. The van der Waals surface area contributed by atoms with Gasteiger partial charge >= 0.3 is 5.97 Å². The van der Waals surface area contributed by atoms with Gasteiger partial charge in [0.1, 0.15) is 18.1 Å². The molecule has 0 aliphatic heterocycles. The molecule has 0 aliphatic carbocycles. The number of carboxylic acid groups (broad SMARTS) is 1. The van der Waals surface area contributed by atoms with Gasteiger partial charge in [0.15, 0.2) is 5.96 Å². The fraction of sp³-hybridized carbons (Fsp3) is 0.480. The van der Waals surface area contributed by atoms with Crippen molar-refractivity contribution in [2.45, 2.75) is 57.3 Å². The molecule has 0 saturated heterocycles. The van der Waals surface area contributed by atoms with E-state index >= 15 is 0 Å². The maximum atomic E-state index is 13.3. The van der Waals surface area contributed by atoms with Gasteiger partial charge < -0.3 is 48.3 Å². The number of aromatic amines is 1. The predicted molar refractivity (Wildman–Crippen MR) is 145 cm³/mol. The number of hydrogen-bond acceptors (Lipinski definition) is 7. The third-order valence-electron chi connectivity index (χ3n) is 6.13. The normalized spacial score (nSPS) is 14.2. The van der Waals surface area contributed by atoms with Gasteiger partial charge in [-0.1, -0.05) is 32.0 Å². The summed E-state index contributed by atoms with van der Waals surface area (Å²) in [5, 5.41) is 27.6. The van der Waals surface area contributed by atoms with E-state index in [1.165, 1.54) is 0 Å². The number of para-hydroxylation sites is 1. The largest absolute Gasteiger partial charge is 0.480 e. The summed E-state index contributed by atoms with van der Waals surface area (Å²) in [5.41, 5.74) is 17.9. The number of rotatable bonds is 15. The lowest BCUT2D eigenvalue weighted by atomic mass is 10.0. The van der Waals surface area contributed by atoms with Crippen LogP contribution in [0.4, 0.5) is 0 Å². The summed E-state index contributed by atoms with van der Waals surface area (Å²) in [7, 11) is 0. The number of fused-ring (bicyclic) bond motifs is 1. The molecule has 214 valence electrons. The fourth-order valence-corrected chi connectivity index (χ4v) is 3.80. The van der Waals surface area contributed by atoms with Crippen molar-refractivity contribution in [2.75, 3.05) is 13.2 Å². The van der Waals surface area contributed by atoms with Gasteiger partial charge in [0.2, 0.25) is 17.7 Å². The van der Waals surface area contributed by atoms with Crippen LogP contribution in [0.5, 0.6) is 0 Å². The second-order valence-corrected chi connectivity index (χ2v) is 9.49. The van der Waals surface area contributed by atoms with E-state index < -0.39 is 54.5 Å². The Hall–Kier alpha value is -4.17. The third kappa shape index (κ3) is 9.26.